The Hall–Kier alpha value is -7.70. The van der Waals surface area contributed by atoms with Gasteiger partial charge in [-0.05, 0) is 137 Å². The maximum atomic E-state index is 18.0. The van der Waals surface area contributed by atoms with Crippen LogP contribution in [-0.2, 0) is 82.8 Å². The number of esters is 1. The summed E-state index contributed by atoms with van der Waals surface area (Å²) in [5.74, 6) is 0.482. The summed E-state index contributed by atoms with van der Waals surface area (Å²) >= 11 is 0. The third kappa shape index (κ3) is 19.9. The predicted molar refractivity (Wildman–Crippen MR) is 368 cm³/mol. The van der Waals surface area contributed by atoms with Crippen LogP contribution in [0.3, 0.4) is 0 Å². The van der Waals surface area contributed by atoms with E-state index in [4.69, 9.17) is 48.4 Å². The minimum atomic E-state index is -2.45. The van der Waals surface area contributed by atoms with Crippen LogP contribution in [0.1, 0.15) is 131 Å². The molecular formula is C73H104F2N8O21. The molecule has 0 spiro atoms. The minimum absolute atomic E-state index is 0.0321. The molecule has 7 aliphatic rings. The van der Waals surface area contributed by atoms with E-state index in [1.54, 1.807) is 20.8 Å². The lowest BCUT2D eigenvalue weighted by molar-refractivity contribution is -0.235. The molecule has 8 amide bonds. The summed E-state index contributed by atoms with van der Waals surface area (Å²) < 4.78 is 85.5. The molecule has 1 aromatic carbocycles. The predicted octanol–water partition coefficient (Wildman–Crippen LogP) is 4.12. The van der Waals surface area contributed by atoms with Gasteiger partial charge in [-0.3, -0.25) is 28.8 Å². The van der Waals surface area contributed by atoms with Crippen LogP contribution in [0.4, 0.5) is 28.9 Å². The molecule has 11 N–H and O–H groups in total. The fourth-order valence-electron chi connectivity index (χ4n) is 15.7. The molecule has 29 nitrogen and oxygen atoms in total. The van der Waals surface area contributed by atoms with Gasteiger partial charge in [0.05, 0.1) is 78.3 Å². The average Bonchev–Trinajstić information content (AvgIpc) is 1.42. The smallest absolute Gasteiger partial charge is 0.408 e. The van der Waals surface area contributed by atoms with Crippen LogP contribution < -0.4 is 43.0 Å². The Kier molecular flexibility index (Phi) is 29.2. The Morgan fingerprint density at radius 3 is 2.08 bits per heavy atom. The molecule has 0 aromatic heterocycles. The molecule has 16 atom stereocenters. The van der Waals surface area contributed by atoms with Crippen LogP contribution >= 0.6 is 0 Å². The van der Waals surface area contributed by atoms with Gasteiger partial charge in [-0.25, -0.2) is 28.0 Å². The third-order valence-electron chi connectivity index (χ3n) is 21.2. The highest BCUT2D eigenvalue weighted by Gasteiger charge is 2.80. The van der Waals surface area contributed by atoms with Crippen LogP contribution in [0.15, 0.2) is 48.1 Å². The second kappa shape index (κ2) is 37.0. The van der Waals surface area contributed by atoms with Crippen LogP contribution in [-0.4, -0.2) is 215 Å². The van der Waals surface area contributed by atoms with E-state index in [0.717, 1.165) is 31.8 Å². The second-order valence-corrected chi connectivity index (χ2v) is 29.0. The molecule has 8 rings (SSSR count). The minimum Gasteiger partial charge on any atom is -0.456 e. The lowest BCUT2D eigenvalue weighted by atomic mass is 9.44. The molecule has 576 valence electrons. The monoisotopic (exact) mass is 1470 g/mol. The Balaban J connectivity index is 0.722. The zero-order valence-corrected chi connectivity index (χ0v) is 60.4. The van der Waals surface area contributed by atoms with E-state index in [2.05, 4.69) is 49.1 Å². The number of halogens is 2. The number of urea groups is 1. The van der Waals surface area contributed by atoms with Gasteiger partial charge in [-0.15, -0.1) is 11.8 Å². The van der Waals surface area contributed by atoms with Gasteiger partial charge < -0.3 is 95.8 Å². The van der Waals surface area contributed by atoms with Crippen LogP contribution in [0.2, 0.25) is 0 Å². The molecule has 1 unspecified atom stereocenters. The summed E-state index contributed by atoms with van der Waals surface area (Å²) in [6.45, 7) is 11.6. The molecule has 104 heavy (non-hydrogen) atoms. The van der Waals surface area contributed by atoms with Crippen molar-refractivity contribution in [2.75, 3.05) is 91.1 Å². The molecule has 1 aromatic rings. The molecule has 4 saturated carbocycles. The Labute approximate surface area is 604 Å². The number of anilines is 1. The van der Waals surface area contributed by atoms with Gasteiger partial charge >= 0.3 is 24.2 Å². The number of benzene rings is 1. The van der Waals surface area contributed by atoms with Crippen molar-refractivity contribution in [3.8, 4) is 11.8 Å². The highest BCUT2D eigenvalue weighted by atomic mass is 19.1. The highest BCUT2D eigenvalue weighted by Crippen LogP contribution is 2.72. The maximum Gasteiger partial charge on any atom is 0.408 e. The SMILES string of the molecule is CCCC1O[C@@H]2C[C@H]3[C@@H]4C[C@H](F)C5=CC(=O)C=C[C@]5(C)[C@@]4(F)[C@@H](O)C[C@]3(C)[C@]2(C(=O)COC(=O)C(C)(C)NC(=O)[C@H](CO)NC(=O)OCc2ccc(NC(=O)[C@H](CCCNC(N)=O)NC(=O)[C@@H](NC(=O)CCOCCOCCOCCOCCNC(=O)OC[C@@H]3[C@@H]4CCC#CCC[C@@H]43)C(C)C)cc2)O1. The molecule has 1 saturated heterocycles. The van der Waals surface area contributed by atoms with Crippen molar-refractivity contribution in [1.29, 1.82) is 0 Å². The molecule has 0 bridgehead atoms. The van der Waals surface area contributed by atoms with Crippen molar-refractivity contribution in [3.05, 3.63) is 53.6 Å². The number of carbonyl (C=O) groups excluding carboxylic acids is 10. The lowest BCUT2D eigenvalue weighted by Gasteiger charge is -2.63. The molecule has 1 aliphatic heterocycles. The van der Waals surface area contributed by atoms with Gasteiger partial charge in [-0.2, -0.15) is 0 Å². The van der Waals surface area contributed by atoms with Crippen LogP contribution in [0.25, 0.3) is 0 Å². The molecule has 31 heteroatoms. The standard InChI is InChI=1S/C73H104F2N8O21/c1-8-14-60-103-58-37-50-51-36-53(74)52-35-46(85)22-24-70(52,6)72(51,75)56(86)38-71(50,7)73(58,104-60)57(87)42-100-65(92)69(4,5)83-63(90)55(39-84)81-68(95)101-40-44-18-20-45(21-19-44)79-62(89)54(17-13-25-77-66(76)93)80-64(91)61(43(2)3)82-59(88)23-27-96-29-31-98-33-34-99-32-30-97-28-26-78-67(94)102-41-49-47-15-11-9-10-12-16-48(47)49/h18-22,24,35,43,47-51,53-56,58,60-61,84,86H,8,11-17,23,25-34,36-42H2,1-7H3,(H,78,94)(H,79,89)(H,80,91)(H,81,95)(H,82,88)(H,83,90)(H3,76,77,93)/t47-,48+,49-,50-,51-,53-,54-,55-,56-,58+,60?,61-,70-,71-,72-,73+/m0/s1. The van der Waals surface area contributed by atoms with E-state index >= 15 is 8.78 Å². The number of hydrogen-bond acceptors (Lipinski definition) is 21. The largest absolute Gasteiger partial charge is 0.456 e. The van der Waals surface area contributed by atoms with E-state index in [-0.39, 0.29) is 82.8 Å². The normalized spacial score (nSPS) is 28.6. The first-order valence-corrected chi connectivity index (χ1v) is 36.1. The Bertz CT molecular complexity index is 3330. The number of nitrogens with one attached hydrogen (secondary N) is 7. The number of fused-ring (bicyclic) bond motifs is 8. The number of carbonyl (C=O) groups is 10. The van der Waals surface area contributed by atoms with Gasteiger partial charge in [0.1, 0.15) is 36.4 Å². The zero-order chi connectivity index (χ0) is 75.6. The lowest BCUT2D eigenvalue weighted by Crippen LogP contribution is -2.71. The Morgan fingerprint density at radius 2 is 1.44 bits per heavy atom. The zero-order valence-electron chi connectivity index (χ0n) is 60.4. The van der Waals surface area contributed by atoms with Crippen molar-refractivity contribution in [2.45, 2.75) is 192 Å². The summed E-state index contributed by atoms with van der Waals surface area (Å²) in [4.78, 5) is 132. The van der Waals surface area contributed by atoms with Crippen LogP contribution in [0.5, 0.6) is 0 Å². The summed E-state index contributed by atoms with van der Waals surface area (Å²) in [6, 6.07) is 1.34. The molecular weight excluding hydrogens is 1360 g/mol. The second-order valence-electron chi connectivity index (χ2n) is 29.0. The number of allylic oxidation sites excluding steroid dienone is 4. The van der Waals surface area contributed by atoms with Gasteiger partial charge in [0.15, 0.2) is 29.9 Å². The number of ether oxygens (including phenoxy) is 9. The average molecular weight is 1470 g/mol. The molecule has 6 aliphatic carbocycles. The number of ketones is 2. The fourth-order valence-corrected chi connectivity index (χ4v) is 15.7. The Morgan fingerprint density at radius 1 is 0.788 bits per heavy atom. The van der Waals surface area contributed by atoms with Gasteiger partial charge in [0, 0.05) is 54.8 Å². The number of rotatable bonds is 39. The van der Waals surface area contributed by atoms with Gasteiger partial charge in [0.25, 0.3) is 0 Å². The topological polar surface area (TPSA) is 404 Å². The van der Waals surface area contributed by atoms with Crippen molar-refractivity contribution >= 4 is 65.1 Å². The number of Topliss-reactive ketones (excluding diaryl/α,β-unsaturated/α-hetero) is 1. The summed E-state index contributed by atoms with van der Waals surface area (Å²) in [5, 5.41) is 40.1. The number of hydrogen-bond donors (Lipinski definition) is 10. The molecule has 1 heterocycles. The number of alkyl carbamates (subject to hydrolysis) is 2. The maximum absolute atomic E-state index is 18.0. The molecule has 5 fully saturated rings. The summed E-state index contributed by atoms with van der Waals surface area (Å²) in [6.07, 6.45) is 1.03. The van der Waals surface area contributed by atoms with E-state index in [0.29, 0.717) is 82.3 Å². The quantitative estimate of drug-likeness (QED) is 0.0192. The molecule has 0 radical (unpaired) electrons. The number of aliphatic hydroxyl groups is 2. The first-order valence-electron chi connectivity index (χ1n) is 36.1. The van der Waals surface area contributed by atoms with E-state index in [9.17, 15) is 58.2 Å². The van der Waals surface area contributed by atoms with Crippen molar-refractivity contribution in [2.24, 2.45) is 52.1 Å². The number of amides is 8. The summed E-state index contributed by atoms with van der Waals surface area (Å²) in [5.41, 5.74) is -3.43. The van der Waals surface area contributed by atoms with E-state index in [1.807, 2.05) is 6.92 Å². The van der Waals surface area contributed by atoms with Crippen molar-refractivity contribution in [3.63, 3.8) is 0 Å². The number of primary amides is 1. The third-order valence-corrected chi connectivity index (χ3v) is 21.2. The van der Waals surface area contributed by atoms with Gasteiger partial charge in [-0.1, -0.05) is 52.3 Å². The van der Waals surface area contributed by atoms with Crippen molar-refractivity contribution in [1.82, 2.24) is 31.9 Å². The van der Waals surface area contributed by atoms with Gasteiger partial charge in [0.2, 0.25) is 29.4 Å². The van der Waals surface area contributed by atoms with Crippen LogP contribution in [0, 0.1) is 58.2 Å². The highest BCUT2D eigenvalue weighted by molar-refractivity contribution is 6.02. The first-order chi connectivity index (χ1) is 49.5. The number of alkyl halides is 2. The summed E-state index contributed by atoms with van der Waals surface area (Å²) in [7, 11) is 0. The van der Waals surface area contributed by atoms with E-state index in [1.165, 1.54) is 57.2 Å². The first kappa shape index (κ1) is 82.0. The van der Waals surface area contributed by atoms with E-state index < -0.39 is 161 Å². The van der Waals surface area contributed by atoms with Crippen molar-refractivity contribution < 1.29 is 110 Å². The number of nitrogens with two attached hydrogens (primary N) is 1. The fraction of sp³-hybridized carbons (Fsp3) is 0.699. The number of aliphatic hydroxyl groups excluding tert-OH is 2.